The van der Waals surface area contributed by atoms with Crippen LogP contribution < -0.4 is 10.1 Å². The molecule has 3 aromatic rings. The van der Waals surface area contributed by atoms with E-state index in [1.165, 1.54) is 36.4 Å². The Morgan fingerprint density at radius 3 is 2.47 bits per heavy atom. The molecule has 0 saturated carbocycles. The molecule has 5 nitrogen and oxygen atoms in total. The number of aliphatic carboxylic acids is 1. The van der Waals surface area contributed by atoms with Gasteiger partial charge in [-0.2, -0.15) is 13.2 Å². The number of amides is 1. The first-order valence-corrected chi connectivity index (χ1v) is 12.3. The highest BCUT2D eigenvalue weighted by atomic mass is 19.4. The van der Waals surface area contributed by atoms with E-state index in [-0.39, 0.29) is 28.7 Å². The molecule has 0 radical (unpaired) electrons. The van der Waals surface area contributed by atoms with Gasteiger partial charge < -0.3 is 15.2 Å². The Bertz CT molecular complexity index is 1350. The van der Waals surface area contributed by atoms with E-state index in [0.717, 1.165) is 25.0 Å². The third-order valence-electron chi connectivity index (χ3n) is 6.88. The maximum absolute atomic E-state index is 14.5. The van der Waals surface area contributed by atoms with Gasteiger partial charge in [0.25, 0.3) is 5.91 Å². The van der Waals surface area contributed by atoms with Crippen LogP contribution in [0.2, 0.25) is 0 Å². The van der Waals surface area contributed by atoms with Gasteiger partial charge in [-0.25, -0.2) is 9.18 Å². The molecule has 1 amide bonds. The maximum Gasteiger partial charge on any atom is 0.416 e. The van der Waals surface area contributed by atoms with E-state index in [1.807, 2.05) is 19.1 Å². The molecule has 2 N–H and O–H groups in total. The highest BCUT2D eigenvalue weighted by Crippen LogP contribution is 2.34. The van der Waals surface area contributed by atoms with Crippen LogP contribution in [-0.4, -0.2) is 23.0 Å². The number of carboxylic acids is 1. The Morgan fingerprint density at radius 1 is 1.08 bits per heavy atom. The number of carboxylic acid groups (broad SMARTS) is 1. The molecule has 0 heterocycles. The quantitative estimate of drug-likeness (QED) is 0.250. The summed E-state index contributed by atoms with van der Waals surface area (Å²) >= 11 is 0. The van der Waals surface area contributed by atoms with Crippen molar-refractivity contribution in [3.8, 4) is 5.75 Å². The van der Waals surface area contributed by atoms with Crippen LogP contribution in [0.25, 0.3) is 10.8 Å². The van der Waals surface area contributed by atoms with Crippen molar-refractivity contribution in [1.82, 2.24) is 5.32 Å². The van der Waals surface area contributed by atoms with Gasteiger partial charge >= 0.3 is 12.1 Å². The Hall–Kier alpha value is -3.88. The van der Waals surface area contributed by atoms with Crippen molar-refractivity contribution in [2.24, 2.45) is 11.8 Å². The van der Waals surface area contributed by atoms with E-state index in [4.69, 9.17) is 4.74 Å². The van der Waals surface area contributed by atoms with Crippen LogP contribution >= 0.6 is 0 Å². The van der Waals surface area contributed by atoms with E-state index < -0.39 is 41.4 Å². The van der Waals surface area contributed by atoms with Crippen LogP contribution in [0.5, 0.6) is 5.75 Å². The molecule has 3 aromatic carbocycles. The largest absolute Gasteiger partial charge is 0.487 e. The van der Waals surface area contributed by atoms with Crippen LogP contribution in [0, 0.1) is 17.7 Å². The SMILES string of the molecule is CCC1CC=CC(C(NC(=O)c2ccc3c(F)cccc3c2OCc2ccc(C(F)(F)F)cc2)C(=O)O)C1. The minimum absolute atomic E-state index is 0.00640. The highest BCUT2D eigenvalue weighted by molar-refractivity contribution is 6.05. The number of rotatable bonds is 8. The zero-order chi connectivity index (χ0) is 27.4. The molecule has 3 unspecified atom stereocenters. The summed E-state index contributed by atoms with van der Waals surface area (Å²) in [7, 11) is 0. The third kappa shape index (κ3) is 5.98. The number of nitrogens with one attached hydrogen (secondary N) is 1. The van der Waals surface area contributed by atoms with Crippen molar-refractivity contribution in [2.45, 2.75) is 45.0 Å². The molecule has 4 rings (SSSR count). The summed E-state index contributed by atoms with van der Waals surface area (Å²) in [4.78, 5) is 25.5. The average molecular weight is 530 g/mol. The lowest BCUT2D eigenvalue weighted by atomic mass is 9.81. The lowest BCUT2D eigenvalue weighted by molar-refractivity contribution is -0.140. The Labute approximate surface area is 217 Å². The number of ether oxygens (including phenoxy) is 1. The fraction of sp³-hybridized carbons (Fsp3) is 0.310. The zero-order valence-electron chi connectivity index (χ0n) is 20.6. The summed E-state index contributed by atoms with van der Waals surface area (Å²) in [5.74, 6) is -2.51. The fourth-order valence-electron chi connectivity index (χ4n) is 4.73. The van der Waals surface area contributed by atoms with Crippen LogP contribution in [0.3, 0.4) is 0 Å². The molecule has 0 bridgehead atoms. The molecular weight excluding hydrogens is 502 g/mol. The second kappa shape index (κ2) is 11.2. The molecule has 38 heavy (non-hydrogen) atoms. The number of carbonyl (C=O) groups is 2. The number of benzene rings is 3. The van der Waals surface area contributed by atoms with Gasteiger partial charge in [-0.05, 0) is 48.6 Å². The van der Waals surface area contributed by atoms with Gasteiger partial charge in [-0.15, -0.1) is 0 Å². The molecule has 0 spiro atoms. The molecule has 0 saturated heterocycles. The predicted octanol–water partition coefficient (Wildman–Crippen LogP) is 6.75. The maximum atomic E-state index is 14.5. The fourth-order valence-corrected chi connectivity index (χ4v) is 4.73. The lowest BCUT2D eigenvalue weighted by Crippen LogP contribution is -2.46. The number of fused-ring (bicyclic) bond motifs is 1. The Balaban J connectivity index is 1.64. The van der Waals surface area contributed by atoms with Crippen LogP contribution in [0.1, 0.15) is 47.7 Å². The number of allylic oxidation sites excluding steroid dienone is 1. The molecular formula is C29H27F4NO4. The van der Waals surface area contributed by atoms with Crippen LogP contribution in [0.15, 0.2) is 66.7 Å². The first kappa shape index (κ1) is 27.2. The smallest absolute Gasteiger partial charge is 0.416 e. The second-order valence-electron chi connectivity index (χ2n) is 9.39. The summed E-state index contributed by atoms with van der Waals surface area (Å²) in [5.41, 5.74) is -0.414. The minimum atomic E-state index is -4.48. The van der Waals surface area contributed by atoms with Gasteiger partial charge in [0.15, 0.2) is 0 Å². The van der Waals surface area contributed by atoms with Crippen molar-refractivity contribution in [1.29, 1.82) is 0 Å². The molecule has 0 fully saturated rings. The zero-order valence-corrected chi connectivity index (χ0v) is 20.6. The molecule has 0 aromatic heterocycles. The molecule has 1 aliphatic rings. The average Bonchev–Trinajstić information content (AvgIpc) is 2.90. The van der Waals surface area contributed by atoms with Gasteiger partial charge in [-0.1, -0.05) is 55.8 Å². The minimum Gasteiger partial charge on any atom is -0.487 e. The standard InChI is InChI=1S/C29H27F4NO4/c1-2-17-5-3-6-19(15-17)25(28(36)37)34-27(35)23-14-13-21-22(7-4-8-24(21)30)26(23)38-16-18-9-11-20(12-10-18)29(31,32)33/h3-4,6-14,17,19,25H,2,5,15-16H2,1H3,(H,34,35)(H,36,37). The Kier molecular flexibility index (Phi) is 8.04. The monoisotopic (exact) mass is 529 g/mol. The van der Waals surface area contributed by atoms with Gasteiger partial charge in [-0.3, -0.25) is 4.79 Å². The van der Waals surface area contributed by atoms with E-state index >= 15 is 0 Å². The van der Waals surface area contributed by atoms with E-state index in [1.54, 1.807) is 6.07 Å². The summed E-state index contributed by atoms with van der Waals surface area (Å²) < 4.78 is 59.1. The van der Waals surface area contributed by atoms with Crippen molar-refractivity contribution in [3.63, 3.8) is 0 Å². The predicted molar refractivity (Wildman–Crippen MR) is 134 cm³/mol. The normalized spacial score (nSPS) is 18.2. The molecule has 200 valence electrons. The van der Waals surface area contributed by atoms with Crippen molar-refractivity contribution in [2.75, 3.05) is 0 Å². The van der Waals surface area contributed by atoms with Gasteiger partial charge in [0.05, 0.1) is 11.1 Å². The first-order valence-electron chi connectivity index (χ1n) is 12.3. The van der Waals surface area contributed by atoms with Gasteiger partial charge in [0.1, 0.15) is 24.2 Å². The van der Waals surface area contributed by atoms with Crippen molar-refractivity contribution in [3.05, 3.63) is 89.3 Å². The van der Waals surface area contributed by atoms with Gasteiger partial charge in [0, 0.05) is 16.7 Å². The first-order chi connectivity index (χ1) is 18.1. The topological polar surface area (TPSA) is 75.6 Å². The number of hydrogen-bond acceptors (Lipinski definition) is 3. The molecule has 9 heteroatoms. The number of hydrogen-bond donors (Lipinski definition) is 2. The number of carbonyl (C=O) groups excluding carboxylic acids is 1. The lowest BCUT2D eigenvalue weighted by Gasteiger charge is -2.29. The summed E-state index contributed by atoms with van der Waals surface area (Å²) in [5, 5.41) is 12.9. The second-order valence-corrected chi connectivity index (χ2v) is 9.39. The van der Waals surface area contributed by atoms with Crippen LogP contribution in [0.4, 0.5) is 17.6 Å². The van der Waals surface area contributed by atoms with Crippen molar-refractivity contribution >= 4 is 22.6 Å². The third-order valence-corrected chi connectivity index (χ3v) is 6.88. The van der Waals surface area contributed by atoms with E-state index in [2.05, 4.69) is 5.32 Å². The number of alkyl halides is 3. The van der Waals surface area contributed by atoms with Crippen LogP contribution in [-0.2, 0) is 17.6 Å². The summed E-state index contributed by atoms with van der Waals surface area (Å²) in [6, 6.07) is 10.2. The number of halogens is 4. The molecule has 3 atom stereocenters. The van der Waals surface area contributed by atoms with Crippen molar-refractivity contribution < 1.29 is 37.0 Å². The Morgan fingerprint density at radius 2 is 1.82 bits per heavy atom. The molecule has 0 aliphatic heterocycles. The summed E-state index contributed by atoms with van der Waals surface area (Å²) in [6.45, 7) is 1.84. The van der Waals surface area contributed by atoms with E-state index in [9.17, 15) is 32.3 Å². The molecule has 1 aliphatic carbocycles. The highest BCUT2D eigenvalue weighted by Gasteiger charge is 2.33. The van der Waals surface area contributed by atoms with E-state index in [0.29, 0.717) is 17.9 Å². The summed E-state index contributed by atoms with van der Waals surface area (Å²) in [6.07, 6.45) is 1.61. The van der Waals surface area contributed by atoms with Gasteiger partial charge in [0.2, 0.25) is 0 Å².